The number of esters is 1. The Morgan fingerprint density at radius 3 is 2.52 bits per heavy atom. The second kappa shape index (κ2) is 5.55. The third-order valence-electron chi connectivity index (χ3n) is 4.84. The molecule has 0 aromatic heterocycles. The first-order valence-corrected chi connectivity index (χ1v) is 8.27. The molecule has 25 heavy (non-hydrogen) atoms. The lowest BCUT2D eigenvalue weighted by molar-refractivity contribution is -0.131. The molecule has 0 unspecified atom stereocenters. The van der Waals surface area contributed by atoms with Gasteiger partial charge in [0.25, 0.3) is 0 Å². The number of fused-ring (bicyclic) bond motifs is 3. The van der Waals surface area contributed by atoms with Crippen LogP contribution in [0.25, 0.3) is 0 Å². The minimum Gasteiger partial charge on any atom is -0.507 e. The van der Waals surface area contributed by atoms with Crippen molar-refractivity contribution in [1.29, 1.82) is 0 Å². The highest BCUT2D eigenvalue weighted by Gasteiger charge is 2.36. The molecule has 1 N–H and O–H groups in total. The number of benzene rings is 2. The van der Waals surface area contributed by atoms with Crippen LogP contribution in [0.1, 0.15) is 62.7 Å². The third kappa shape index (κ3) is 2.27. The average Bonchev–Trinajstić information content (AvgIpc) is 2.59. The molecule has 5 nitrogen and oxygen atoms in total. The molecule has 0 saturated carbocycles. The Morgan fingerprint density at radius 1 is 1.04 bits per heavy atom. The maximum Gasteiger partial charge on any atom is 0.308 e. The van der Waals surface area contributed by atoms with Crippen LogP contribution in [0.5, 0.6) is 11.5 Å². The highest BCUT2D eigenvalue weighted by molar-refractivity contribution is 6.30. The van der Waals surface area contributed by atoms with Crippen LogP contribution in [0, 0.1) is 0 Å². The smallest absolute Gasteiger partial charge is 0.308 e. The van der Waals surface area contributed by atoms with E-state index in [1.807, 2.05) is 0 Å². The number of carbonyl (C=O) groups is 3. The van der Waals surface area contributed by atoms with E-state index in [0.29, 0.717) is 6.42 Å². The van der Waals surface area contributed by atoms with Crippen LogP contribution in [-0.4, -0.2) is 22.6 Å². The summed E-state index contributed by atoms with van der Waals surface area (Å²) in [6, 6.07) is 6.29. The van der Waals surface area contributed by atoms with Crippen LogP contribution >= 0.6 is 0 Å². The van der Waals surface area contributed by atoms with Gasteiger partial charge in [-0.3, -0.25) is 14.4 Å². The number of rotatable bonds is 1. The maximum absolute atomic E-state index is 13.0. The molecule has 2 aliphatic rings. The zero-order valence-electron chi connectivity index (χ0n) is 13.7. The summed E-state index contributed by atoms with van der Waals surface area (Å²) in [7, 11) is 0. The highest BCUT2D eigenvalue weighted by Crippen LogP contribution is 2.41. The molecule has 0 radical (unpaired) electrons. The molecule has 4 rings (SSSR count). The number of hydrogen-bond acceptors (Lipinski definition) is 5. The van der Waals surface area contributed by atoms with Crippen molar-refractivity contribution in [3.8, 4) is 11.5 Å². The monoisotopic (exact) mass is 336 g/mol. The molecule has 0 amide bonds. The fourth-order valence-corrected chi connectivity index (χ4v) is 3.76. The lowest BCUT2D eigenvalue weighted by Crippen LogP contribution is -2.24. The predicted molar refractivity (Wildman–Crippen MR) is 89.4 cm³/mol. The number of carbonyl (C=O) groups excluding carboxylic acids is 3. The summed E-state index contributed by atoms with van der Waals surface area (Å²) in [5.74, 6) is -1.37. The van der Waals surface area contributed by atoms with Gasteiger partial charge in [-0.2, -0.15) is 0 Å². The van der Waals surface area contributed by atoms with Gasteiger partial charge in [0.05, 0.1) is 11.1 Å². The third-order valence-corrected chi connectivity index (χ3v) is 4.84. The van der Waals surface area contributed by atoms with Crippen molar-refractivity contribution in [2.45, 2.75) is 32.6 Å². The van der Waals surface area contributed by atoms with Gasteiger partial charge < -0.3 is 9.84 Å². The normalized spacial score (nSPS) is 15.2. The summed E-state index contributed by atoms with van der Waals surface area (Å²) in [5, 5.41) is 10.7. The van der Waals surface area contributed by atoms with Crippen LogP contribution in [0.2, 0.25) is 0 Å². The Hall–Kier alpha value is -2.95. The summed E-state index contributed by atoms with van der Waals surface area (Å²) >= 11 is 0. The SMILES string of the molecule is CC(=O)Oc1cccc2c1C(=O)c1cc3c(c(O)c1C2=O)CCCC3. The van der Waals surface area contributed by atoms with Crippen LogP contribution in [0.15, 0.2) is 24.3 Å². The molecule has 2 aromatic carbocycles. The first kappa shape index (κ1) is 15.6. The quantitative estimate of drug-likeness (QED) is 0.546. The van der Waals surface area contributed by atoms with Crippen molar-refractivity contribution < 1.29 is 24.2 Å². The largest absolute Gasteiger partial charge is 0.507 e. The minimum atomic E-state index is -0.562. The van der Waals surface area contributed by atoms with E-state index in [1.165, 1.54) is 19.1 Å². The molecule has 0 bridgehead atoms. The molecule has 126 valence electrons. The Labute approximate surface area is 144 Å². The van der Waals surface area contributed by atoms with Crippen LogP contribution in [-0.2, 0) is 17.6 Å². The molecular formula is C20H16O5. The molecule has 5 heteroatoms. The van der Waals surface area contributed by atoms with E-state index in [2.05, 4.69) is 0 Å². The number of aromatic hydroxyl groups is 1. The standard InChI is InChI=1S/C20H16O5/c1-10(21)25-15-8-4-7-13-16(15)20(24)14-9-11-5-2-3-6-12(11)18(22)17(14)19(13)23/h4,7-9,22H,2-3,5-6H2,1H3. The molecule has 0 aliphatic heterocycles. The molecule has 0 heterocycles. The van der Waals surface area contributed by atoms with Gasteiger partial charge in [-0.05, 0) is 48.9 Å². The van der Waals surface area contributed by atoms with Gasteiger partial charge in [-0.15, -0.1) is 0 Å². The molecule has 0 fully saturated rings. The van der Waals surface area contributed by atoms with E-state index >= 15 is 0 Å². The molecule has 0 saturated heterocycles. The van der Waals surface area contributed by atoms with Crippen molar-refractivity contribution in [3.63, 3.8) is 0 Å². The van der Waals surface area contributed by atoms with E-state index in [1.54, 1.807) is 12.1 Å². The molecule has 2 aliphatic carbocycles. The Kier molecular flexibility index (Phi) is 3.46. The van der Waals surface area contributed by atoms with E-state index in [4.69, 9.17) is 4.74 Å². The maximum atomic E-state index is 13.0. The van der Waals surface area contributed by atoms with Crippen molar-refractivity contribution in [2.75, 3.05) is 0 Å². The van der Waals surface area contributed by atoms with Gasteiger partial charge in [-0.1, -0.05) is 12.1 Å². The van der Waals surface area contributed by atoms with Crippen molar-refractivity contribution in [2.24, 2.45) is 0 Å². The van der Waals surface area contributed by atoms with E-state index in [9.17, 15) is 19.5 Å². The molecular weight excluding hydrogens is 320 g/mol. The summed E-state index contributed by atoms with van der Waals surface area (Å²) in [6.07, 6.45) is 3.42. The summed E-state index contributed by atoms with van der Waals surface area (Å²) in [5.41, 5.74) is 2.18. The van der Waals surface area contributed by atoms with Crippen LogP contribution in [0.4, 0.5) is 0 Å². The Bertz CT molecular complexity index is 955. The van der Waals surface area contributed by atoms with Gasteiger partial charge in [-0.25, -0.2) is 0 Å². The minimum absolute atomic E-state index is 0.0677. The van der Waals surface area contributed by atoms with Gasteiger partial charge >= 0.3 is 5.97 Å². The number of phenols is 1. The Morgan fingerprint density at radius 2 is 1.76 bits per heavy atom. The van der Waals surface area contributed by atoms with Gasteiger partial charge in [0, 0.05) is 18.1 Å². The summed E-state index contributed by atoms with van der Waals surface area (Å²) in [4.78, 5) is 37.3. The van der Waals surface area contributed by atoms with E-state index < -0.39 is 17.5 Å². The number of hydrogen-bond donors (Lipinski definition) is 1. The summed E-state index contributed by atoms with van der Waals surface area (Å²) in [6.45, 7) is 1.24. The van der Waals surface area contributed by atoms with Gasteiger partial charge in [0.1, 0.15) is 11.5 Å². The van der Waals surface area contributed by atoms with E-state index in [-0.39, 0.29) is 33.8 Å². The topological polar surface area (TPSA) is 80.7 Å². The lowest BCUT2D eigenvalue weighted by Gasteiger charge is -2.25. The van der Waals surface area contributed by atoms with Crippen molar-refractivity contribution >= 4 is 17.5 Å². The number of ether oxygens (including phenoxy) is 1. The fourth-order valence-electron chi connectivity index (χ4n) is 3.76. The fraction of sp³-hybridized carbons (Fsp3) is 0.250. The second-order valence-electron chi connectivity index (χ2n) is 6.42. The van der Waals surface area contributed by atoms with Crippen molar-refractivity contribution in [3.05, 3.63) is 57.6 Å². The summed E-state index contributed by atoms with van der Waals surface area (Å²) < 4.78 is 5.11. The van der Waals surface area contributed by atoms with E-state index in [0.717, 1.165) is 30.4 Å². The van der Waals surface area contributed by atoms with Gasteiger partial charge in [0.2, 0.25) is 0 Å². The predicted octanol–water partition coefficient (Wildman–Crippen LogP) is 2.97. The first-order valence-electron chi connectivity index (χ1n) is 8.27. The average molecular weight is 336 g/mol. The molecule has 0 spiro atoms. The van der Waals surface area contributed by atoms with Crippen LogP contribution < -0.4 is 4.74 Å². The van der Waals surface area contributed by atoms with Crippen LogP contribution in [0.3, 0.4) is 0 Å². The lowest BCUT2D eigenvalue weighted by atomic mass is 9.78. The first-order chi connectivity index (χ1) is 12.0. The van der Waals surface area contributed by atoms with Gasteiger partial charge in [0.15, 0.2) is 11.6 Å². The molecule has 2 aromatic rings. The number of phenolic OH excluding ortho intramolecular Hbond substituents is 1. The zero-order chi connectivity index (χ0) is 17.7. The highest BCUT2D eigenvalue weighted by atomic mass is 16.5. The number of ketones is 2. The Balaban J connectivity index is 1.96. The second-order valence-corrected chi connectivity index (χ2v) is 6.42. The zero-order valence-corrected chi connectivity index (χ0v) is 13.7. The number of aryl methyl sites for hydroxylation is 1. The van der Waals surface area contributed by atoms with Crippen molar-refractivity contribution in [1.82, 2.24) is 0 Å². The molecule has 0 atom stereocenters.